The predicted molar refractivity (Wildman–Crippen MR) is 74.8 cm³/mol. The number of thiazole rings is 1. The van der Waals surface area contributed by atoms with Gasteiger partial charge in [-0.3, -0.25) is 4.79 Å². The van der Waals surface area contributed by atoms with Crippen LogP contribution in [0.5, 0.6) is 0 Å². The van der Waals surface area contributed by atoms with Gasteiger partial charge in [-0.15, -0.1) is 11.3 Å². The number of H-pyrrole nitrogens is 1. The van der Waals surface area contributed by atoms with Crippen molar-refractivity contribution < 1.29 is 9.53 Å². The molecular weight excluding hydrogens is 276 g/mol. The SMILES string of the molecule is Cc1cnc([C@@H]2CN(C(=O)c3scnc3C)CCO2)[nH]1. The van der Waals surface area contributed by atoms with E-state index in [1.54, 1.807) is 11.7 Å². The number of carbonyl (C=O) groups is 1. The number of amides is 1. The monoisotopic (exact) mass is 292 g/mol. The number of hydrogen-bond donors (Lipinski definition) is 1. The number of ether oxygens (including phenoxy) is 1. The van der Waals surface area contributed by atoms with Crippen LogP contribution >= 0.6 is 11.3 Å². The summed E-state index contributed by atoms with van der Waals surface area (Å²) < 4.78 is 5.71. The Morgan fingerprint density at radius 2 is 2.35 bits per heavy atom. The first-order valence-electron chi connectivity index (χ1n) is 6.47. The Morgan fingerprint density at radius 3 is 3.00 bits per heavy atom. The summed E-state index contributed by atoms with van der Waals surface area (Å²) in [5.74, 6) is 0.808. The molecule has 1 aliphatic rings. The van der Waals surface area contributed by atoms with Crippen LogP contribution in [0.2, 0.25) is 0 Å². The second kappa shape index (κ2) is 5.34. The van der Waals surface area contributed by atoms with Gasteiger partial charge in [0.25, 0.3) is 5.91 Å². The van der Waals surface area contributed by atoms with E-state index in [2.05, 4.69) is 15.0 Å². The summed E-state index contributed by atoms with van der Waals surface area (Å²) in [5, 5.41) is 0. The van der Waals surface area contributed by atoms with Gasteiger partial charge in [-0.25, -0.2) is 9.97 Å². The zero-order valence-corrected chi connectivity index (χ0v) is 12.2. The topological polar surface area (TPSA) is 71.1 Å². The molecule has 0 radical (unpaired) electrons. The van der Waals surface area contributed by atoms with Crippen LogP contribution in [0.4, 0.5) is 0 Å². The molecule has 3 rings (SSSR count). The Kier molecular flexibility index (Phi) is 3.54. The molecule has 1 atom stereocenters. The molecule has 0 aliphatic carbocycles. The van der Waals surface area contributed by atoms with Crippen molar-refractivity contribution in [2.24, 2.45) is 0 Å². The van der Waals surface area contributed by atoms with E-state index in [0.29, 0.717) is 24.6 Å². The number of nitrogens with one attached hydrogen (secondary N) is 1. The quantitative estimate of drug-likeness (QED) is 0.914. The van der Waals surface area contributed by atoms with Crippen molar-refractivity contribution in [3.05, 3.63) is 33.8 Å². The van der Waals surface area contributed by atoms with Gasteiger partial charge in [0.15, 0.2) is 0 Å². The molecule has 2 aromatic rings. The lowest BCUT2D eigenvalue weighted by Crippen LogP contribution is -2.42. The summed E-state index contributed by atoms with van der Waals surface area (Å²) in [6.45, 7) is 5.45. The van der Waals surface area contributed by atoms with E-state index in [1.165, 1.54) is 11.3 Å². The van der Waals surface area contributed by atoms with E-state index >= 15 is 0 Å². The van der Waals surface area contributed by atoms with Gasteiger partial charge in [-0.2, -0.15) is 0 Å². The minimum atomic E-state index is -0.186. The van der Waals surface area contributed by atoms with E-state index in [4.69, 9.17) is 4.74 Å². The van der Waals surface area contributed by atoms with Crippen LogP contribution in [0.25, 0.3) is 0 Å². The average molecular weight is 292 g/mol. The Bertz CT molecular complexity index is 621. The van der Waals surface area contributed by atoms with E-state index in [9.17, 15) is 4.79 Å². The molecule has 3 heterocycles. The van der Waals surface area contributed by atoms with Crippen molar-refractivity contribution in [3.63, 3.8) is 0 Å². The molecule has 1 N–H and O–H groups in total. The van der Waals surface area contributed by atoms with Crippen LogP contribution in [0.3, 0.4) is 0 Å². The number of aromatic nitrogens is 3. The Morgan fingerprint density at radius 1 is 1.50 bits per heavy atom. The lowest BCUT2D eigenvalue weighted by atomic mass is 10.2. The van der Waals surface area contributed by atoms with Crippen molar-refractivity contribution in [1.29, 1.82) is 0 Å². The summed E-state index contributed by atoms with van der Waals surface area (Å²) in [6.07, 6.45) is 1.59. The van der Waals surface area contributed by atoms with Gasteiger partial charge in [0.2, 0.25) is 0 Å². The molecular formula is C13H16N4O2S. The fraction of sp³-hybridized carbons (Fsp3) is 0.462. The Labute approximate surface area is 120 Å². The lowest BCUT2D eigenvalue weighted by molar-refractivity contribution is -0.0263. The molecule has 1 amide bonds. The normalized spacial score (nSPS) is 19.3. The van der Waals surface area contributed by atoms with Crippen molar-refractivity contribution in [1.82, 2.24) is 19.9 Å². The highest BCUT2D eigenvalue weighted by molar-refractivity contribution is 7.11. The number of rotatable bonds is 2. The van der Waals surface area contributed by atoms with Gasteiger partial charge in [-0.05, 0) is 13.8 Å². The highest BCUT2D eigenvalue weighted by atomic mass is 32.1. The fourth-order valence-corrected chi connectivity index (χ4v) is 3.02. The lowest BCUT2D eigenvalue weighted by Gasteiger charge is -2.31. The summed E-state index contributed by atoms with van der Waals surface area (Å²) >= 11 is 1.39. The Balaban J connectivity index is 1.75. The summed E-state index contributed by atoms with van der Waals surface area (Å²) in [5.41, 5.74) is 3.48. The summed E-state index contributed by atoms with van der Waals surface area (Å²) in [7, 11) is 0. The molecule has 20 heavy (non-hydrogen) atoms. The third-order valence-electron chi connectivity index (χ3n) is 3.32. The van der Waals surface area contributed by atoms with E-state index in [1.807, 2.05) is 18.7 Å². The second-order valence-electron chi connectivity index (χ2n) is 4.83. The maximum atomic E-state index is 12.5. The molecule has 1 fully saturated rings. The van der Waals surface area contributed by atoms with Gasteiger partial charge in [0.05, 0.1) is 24.4 Å². The first-order chi connectivity index (χ1) is 9.65. The number of carbonyl (C=O) groups excluding carboxylic acids is 1. The maximum Gasteiger partial charge on any atom is 0.266 e. The van der Waals surface area contributed by atoms with E-state index < -0.39 is 0 Å². The molecule has 106 valence electrons. The molecule has 6 nitrogen and oxygen atoms in total. The second-order valence-corrected chi connectivity index (χ2v) is 5.68. The van der Waals surface area contributed by atoms with Crippen LogP contribution in [-0.4, -0.2) is 45.5 Å². The van der Waals surface area contributed by atoms with Crippen LogP contribution in [-0.2, 0) is 4.74 Å². The third-order valence-corrected chi connectivity index (χ3v) is 4.24. The smallest absolute Gasteiger partial charge is 0.266 e. The highest BCUT2D eigenvalue weighted by Crippen LogP contribution is 2.23. The summed E-state index contributed by atoms with van der Waals surface area (Å²) in [6, 6.07) is 0. The number of hydrogen-bond acceptors (Lipinski definition) is 5. The van der Waals surface area contributed by atoms with Crippen LogP contribution in [0.1, 0.15) is 33.0 Å². The first-order valence-corrected chi connectivity index (χ1v) is 7.35. The van der Waals surface area contributed by atoms with Gasteiger partial charge in [0, 0.05) is 18.4 Å². The molecule has 2 aromatic heterocycles. The standard InChI is InChI=1S/C13H16N4O2S/c1-8-5-14-12(16-8)10-6-17(3-4-19-10)13(18)11-9(2)15-7-20-11/h5,7,10H,3-4,6H2,1-2H3,(H,14,16)/t10-/m0/s1. The number of aromatic amines is 1. The van der Waals surface area contributed by atoms with Gasteiger partial charge >= 0.3 is 0 Å². The number of morpholine rings is 1. The zero-order chi connectivity index (χ0) is 14.1. The van der Waals surface area contributed by atoms with Gasteiger partial charge < -0.3 is 14.6 Å². The maximum absolute atomic E-state index is 12.5. The van der Waals surface area contributed by atoms with E-state index in [-0.39, 0.29) is 12.0 Å². The van der Waals surface area contributed by atoms with Crippen molar-refractivity contribution in [2.45, 2.75) is 20.0 Å². The number of aryl methyl sites for hydroxylation is 2. The average Bonchev–Trinajstić information content (AvgIpc) is 3.07. The molecule has 0 saturated carbocycles. The van der Waals surface area contributed by atoms with Crippen molar-refractivity contribution in [3.8, 4) is 0 Å². The van der Waals surface area contributed by atoms with Gasteiger partial charge in [-0.1, -0.05) is 0 Å². The van der Waals surface area contributed by atoms with E-state index in [0.717, 1.165) is 17.2 Å². The molecule has 7 heteroatoms. The third kappa shape index (κ3) is 2.46. The van der Waals surface area contributed by atoms with Crippen LogP contribution in [0, 0.1) is 13.8 Å². The minimum absolute atomic E-state index is 0.0292. The molecule has 1 aliphatic heterocycles. The van der Waals surface area contributed by atoms with Crippen LogP contribution in [0.15, 0.2) is 11.7 Å². The first kappa shape index (κ1) is 13.3. The molecule has 0 bridgehead atoms. The largest absolute Gasteiger partial charge is 0.367 e. The Hall–Kier alpha value is -1.73. The minimum Gasteiger partial charge on any atom is -0.367 e. The van der Waals surface area contributed by atoms with Crippen molar-refractivity contribution in [2.75, 3.05) is 19.7 Å². The molecule has 0 spiro atoms. The zero-order valence-electron chi connectivity index (χ0n) is 11.4. The number of imidazole rings is 1. The predicted octanol–water partition coefficient (Wildman–Crippen LogP) is 1.70. The van der Waals surface area contributed by atoms with Crippen LogP contribution < -0.4 is 0 Å². The highest BCUT2D eigenvalue weighted by Gasteiger charge is 2.29. The molecule has 0 aromatic carbocycles. The number of nitrogens with zero attached hydrogens (tertiary/aromatic N) is 3. The fourth-order valence-electron chi connectivity index (χ4n) is 2.25. The summed E-state index contributed by atoms with van der Waals surface area (Å²) in [4.78, 5) is 26.6. The van der Waals surface area contributed by atoms with Crippen molar-refractivity contribution >= 4 is 17.2 Å². The molecule has 0 unspecified atom stereocenters. The molecule has 1 saturated heterocycles. The van der Waals surface area contributed by atoms with Gasteiger partial charge in [0.1, 0.15) is 16.8 Å².